The minimum absolute atomic E-state index is 0.0206. The molecule has 23 heteroatoms. The zero-order valence-electron chi connectivity index (χ0n) is 27.1. The lowest BCUT2D eigenvalue weighted by Gasteiger charge is -2.12. The minimum atomic E-state index is -4.65. The van der Waals surface area contributed by atoms with Crippen molar-refractivity contribution in [2.24, 2.45) is 0 Å². The van der Waals surface area contributed by atoms with Gasteiger partial charge >= 0.3 is 24.4 Å². The van der Waals surface area contributed by atoms with Crippen molar-refractivity contribution in [3.05, 3.63) is 79.0 Å². The number of ether oxygens (including phenoxy) is 2. The van der Waals surface area contributed by atoms with Crippen molar-refractivity contribution in [2.75, 3.05) is 13.1 Å². The van der Waals surface area contributed by atoms with Crippen LogP contribution in [-0.4, -0.2) is 44.7 Å². The predicted octanol–water partition coefficient (Wildman–Crippen LogP) is 12.1. The lowest BCUT2D eigenvalue weighted by Crippen LogP contribution is -2.32. The van der Waals surface area contributed by atoms with Gasteiger partial charge in [0.1, 0.15) is 5.69 Å². The molecule has 0 aliphatic carbocycles. The van der Waals surface area contributed by atoms with E-state index in [0.717, 1.165) is 21.9 Å². The molecule has 4 aromatic rings. The van der Waals surface area contributed by atoms with Crippen LogP contribution in [0.25, 0.3) is 0 Å². The summed E-state index contributed by atoms with van der Waals surface area (Å²) >= 11 is 41.0. The number of alkyl halides is 9. The molecule has 4 rings (SSSR count). The van der Waals surface area contributed by atoms with Crippen molar-refractivity contribution in [1.29, 1.82) is 0 Å². The Labute approximate surface area is 332 Å². The fourth-order valence-electron chi connectivity index (χ4n) is 3.93. The molecular formula is C30H25Cl7F6N6O4. The van der Waals surface area contributed by atoms with Crippen molar-refractivity contribution in [3.63, 3.8) is 0 Å². The fourth-order valence-corrected chi connectivity index (χ4v) is 5.46. The van der Waals surface area contributed by atoms with Crippen molar-refractivity contribution < 1.29 is 45.4 Å². The highest BCUT2D eigenvalue weighted by Gasteiger charge is 2.35. The number of aromatic nitrogens is 4. The van der Waals surface area contributed by atoms with E-state index in [4.69, 9.17) is 90.7 Å². The number of rotatable bonds is 8. The van der Waals surface area contributed by atoms with E-state index in [1.807, 2.05) is 13.8 Å². The molecule has 2 heterocycles. The first-order valence-corrected chi connectivity index (χ1v) is 17.4. The van der Waals surface area contributed by atoms with E-state index in [1.165, 1.54) is 6.07 Å². The van der Waals surface area contributed by atoms with Crippen LogP contribution in [0.2, 0.25) is 20.1 Å². The molecule has 2 aromatic heterocycles. The molecule has 0 fully saturated rings. The molecule has 290 valence electrons. The maximum atomic E-state index is 12.8. The summed E-state index contributed by atoms with van der Waals surface area (Å²) in [6.07, 6.45) is -7.82. The Bertz CT molecular complexity index is 1900. The molecule has 0 aliphatic heterocycles. The summed E-state index contributed by atoms with van der Waals surface area (Å²) in [5.74, 6) is -0.759. The normalized spacial score (nSPS) is 11.8. The number of halogens is 13. The third-order valence-electron chi connectivity index (χ3n) is 6.34. The second kappa shape index (κ2) is 18.1. The van der Waals surface area contributed by atoms with Crippen LogP contribution in [0.4, 0.5) is 35.9 Å². The number of carbonyl (C=O) groups excluding carboxylic acids is 2. The quantitative estimate of drug-likeness (QED) is 0.135. The van der Waals surface area contributed by atoms with Crippen LogP contribution in [0.3, 0.4) is 0 Å². The summed E-state index contributed by atoms with van der Waals surface area (Å²) in [7, 11) is 0. The molecule has 2 aromatic carbocycles. The van der Waals surface area contributed by atoms with Crippen LogP contribution in [-0.2, 0) is 16.1 Å². The minimum Gasteiger partial charge on any atom is -0.434 e. The molecule has 0 unspecified atom stereocenters. The maximum absolute atomic E-state index is 12.8. The molecule has 0 atom stereocenters. The number of hydrogen-bond donors (Lipinski definition) is 2. The van der Waals surface area contributed by atoms with E-state index >= 15 is 0 Å². The maximum Gasteiger partial charge on any atom is 0.416 e. The Morgan fingerprint density at radius 1 is 0.660 bits per heavy atom. The third kappa shape index (κ3) is 12.0. The van der Waals surface area contributed by atoms with Gasteiger partial charge in [-0.05, 0) is 44.0 Å². The highest BCUT2D eigenvalue weighted by atomic mass is 35.6. The Hall–Kier alpha value is -2.99. The Balaban J connectivity index is 0.000000287. The van der Waals surface area contributed by atoms with Gasteiger partial charge in [-0.15, -0.1) is 10.2 Å². The largest absolute Gasteiger partial charge is 0.434 e. The first-order chi connectivity index (χ1) is 24.5. The molecule has 53 heavy (non-hydrogen) atoms. The molecule has 0 aliphatic rings. The summed E-state index contributed by atoms with van der Waals surface area (Å²) in [5, 5.41) is 11.5. The Morgan fingerprint density at radius 3 is 1.38 bits per heavy atom. The van der Waals surface area contributed by atoms with E-state index in [0.29, 0.717) is 49.5 Å². The lowest BCUT2D eigenvalue weighted by atomic mass is 10.2. The van der Waals surface area contributed by atoms with Crippen LogP contribution < -0.4 is 20.1 Å². The molecule has 10 nitrogen and oxygen atoms in total. The van der Waals surface area contributed by atoms with E-state index in [1.54, 1.807) is 6.92 Å². The van der Waals surface area contributed by atoms with Crippen molar-refractivity contribution in [2.45, 2.75) is 49.8 Å². The average Bonchev–Trinajstić information content (AvgIpc) is 3.65. The van der Waals surface area contributed by atoms with Crippen LogP contribution in [0, 0.1) is 6.92 Å². The van der Waals surface area contributed by atoms with Gasteiger partial charge in [0, 0.05) is 25.2 Å². The number of carbonyl (C=O) groups is 2. The topological polar surface area (TPSA) is 112 Å². The highest BCUT2D eigenvalue weighted by Crippen LogP contribution is 2.44. The zero-order valence-corrected chi connectivity index (χ0v) is 32.4. The summed E-state index contributed by atoms with van der Waals surface area (Å²) in [6, 6.07) is 4.13. The van der Waals surface area contributed by atoms with Gasteiger partial charge in [-0.3, -0.25) is 0 Å². The number of benzene rings is 2. The van der Waals surface area contributed by atoms with Crippen LogP contribution in [0.5, 0.6) is 23.3 Å². The summed E-state index contributed by atoms with van der Waals surface area (Å²) in [4.78, 5) is 24.1. The molecule has 0 saturated heterocycles. The van der Waals surface area contributed by atoms with Crippen molar-refractivity contribution in [3.8, 4) is 23.3 Å². The van der Waals surface area contributed by atoms with Crippen LogP contribution in [0.1, 0.15) is 49.2 Å². The zero-order chi connectivity index (χ0) is 40.1. The molecule has 2 N–H and O–H groups in total. The van der Waals surface area contributed by atoms with Gasteiger partial charge in [-0.25, -0.2) is 9.59 Å². The number of hydrogen-bond acceptors (Lipinski definition) is 6. The fraction of sp³-hybridized carbons (Fsp3) is 0.333. The molecule has 0 spiro atoms. The van der Waals surface area contributed by atoms with E-state index in [-0.39, 0.29) is 39.0 Å². The number of amides is 2. The second-order valence-corrected chi connectivity index (χ2v) is 14.4. The SMILES string of the molecule is CCCNC(=O)n1nc(Oc2c(Cl)cc(C(F)(F)F)cc2Cl)cc1C.CCCNC(=O)n1nc(Oc2c(Cl)cc(C(F)(F)F)cc2Cl)cc1C(Cl)(Cl)Cl. The smallest absolute Gasteiger partial charge is 0.416 e. The summed E-state index contributed by atoms with van der Waals surface area (Å²) in [5.41, 5.74) is -1.72. The molecular weight excluding hydrogens is 871 g/mol. The highest BCUT2D eigenvalue weighted by molar-refractivity contribution is 6.66. The summed E-state index contributed by atoms with van der Waals surface area (Å²) < 4.78 is 87.2. The number of nitrogens with zero attached hydrogens (tertiary/aromatic N) is 4. The van der Waals surface area contributed by atoms with Gasteiger partial charge in [-0.1, -0.05) is 95.1 Å². The van der Waals surface area contributed by atoms with E-state index in [2.05, 4.69) is 20.8 Å². The second-order valence-electron chi connectivity index (χ2n) is 10.5. The predicted molar refractivity (Wildman–Crippen MR) is 190 cm³/mol. The standard InChI is InChI=1S/C15H11Cl5F3N3O2.C15H14Cl2F3N3O2/c1-2-3-24-13(27)26-10(14(18,19)20)6-11(25-26)28-12-8(16)4-7(5-9(12)17)15(21,22)23;1-3-4-21-14(24)23-8(2)5-12(22-23)25-13-10(16)6-9(7-11(13)17)15(18,19)20/h4-6H,2-3H2,1H3,(H,24,27);5-7H,3-4H2,1-2H3,(H,21,24). The average molecular weight is 896 g/mol. The molecule has 0 radical (unpaired) electrons. The Morgan fingerprint density at radius 2 is 1.02 bits per heavy atom. The third-order valence-corrected chi connectivity index (χ3v) is 8.05. The van der Waals surface area contributed by atoms with Gasteiger partial charge in [0.25, 0.3) is 0 Å². The van der Waals surface area contributed by atoms with Gasteiger partial charge in [0.15, 0.2) is 11.5 Å². The van der Waals surface area contributed by atoms with Gasteiger partial charge in [-0.2, -0.15) is 35.7 Å². The van der Waals surface area contributed by atoms with Gasteiger partial charge < -0.3 is 20.1 Å². The van der Waals surface area contributed by atoms with E-state index < -0.39 is 49.4 Å². The molecule has 0 bridgehead atoms. The van der Waals surface area contributed by atoms with E-state index in [9.17, 15) is 35.9 Å². The first kappa shape index (κ1) is 44.4. The lowest BCUT2D eigenvalue weighted by molar-refractivity contribution is -0.138. The number of aryl methyl sites for hydroxylation is 1. The first-order valence-electron chi connectivity index (χ1n) is 14.8. The van der Waals surface area contributed by atoms with Crippen LogP contribution in [0.15, 0.2) is 36.4 Å². The number of nitrogens with one attached hydrogen (secondary N) is 2. The summed E-state index contributed by atoms with van der Waals surface area (Å²) in [6.45, 7) is 6.18. The van der Waals surface area contributed by atoms with Crippen LogP contribution >= 0.6 is 81.2 Å². The van der Waals surface area contributed by atoms with Gasteiger partial charge in [0.2, 0.25) is 15.6 Å². The van der Waals surface area contributed by atoms with Gasteiger partial charge in [0.05, 0.1) is 36.9 Å². The molecule has 2 amide bonds. The van der Waals surface area contributed by atoms with Crippen molar-refractivity contribution in [1.82, 2.24) is 30.2 Å². The Kier molecular flexibility index (Phi) is 15.2. The van der Waals surface area contributed by atoms with Crippen molar-refractivity contribution >= 4 is 93.3 Å². The molecule has 0 saturated carbocycles. The monoisotopic (exact) mass is 892 g/mol.